The Balaban J connectivity index is 2.80. The van der Waals surface area contributed by atoms with Gasteiger partial charge in [-0.05, 0) is 19.9 Å². The molecular weight excluding hydrogens is 264 g/mol. The molecule has 0 saturated carbocycles. The lowest BCUT2D eigenvalue weighted by Gasteiger charge is -2.06. The average molecular weight is 276 g/mol. The summed E-state index contributed by atoms with van der Waals surface area (Å²) in [4.78, 5) is 14.7. The quantitative estimate of drug-likeness (QED) is 0.792. The van der Waals surface area contributed by atoms with E-state index in [4.69, 9.17) is 5.11 Å². The lowest BCUT2D eigenvalue weighted by molar-refractivity contribution is -0.131. The van der Waals surface area contributed by atoms with Gasteiger partial charge in [-0.1, -0.05) is 11.3 Å². The molecule has 0 aliphatic rings. The third-order valence-corrected chi connectivity index (χ3v) is 4.49. The minimum Gasteiger partial charge on any atom is -0.478 e. The van der Waals surface area contributed by atoms with Crippen LogP contribution in [0.1, 0.15) is 18.7 Å². The molecule has 1 aromatic heterocycles. The maximum atomic E-state index is 11.5. The van der Waals surface area contributed by atoms with Crippen molar-refractivity contribution in [2.45, 2.75) is 19.1 Å². The highest BCUT2D eigenvalue weighted by atomic mass is 32.2. The Labute approximate surface area is 103 Å². The Morgan fingerprint density at radius 2 is 2.24 bits per heavy atom. The van der Waals surface area contributed by atoms with Crippen LogP contribution in [-0.2, 0) is 14.8 Å². The Hall–Kier alpha value is -1.41. The van der Waals surface area contributed by atoms with Crippen molar-refractivity contribution in [2.24, 2.45) is 0 Å². The third-order valence-electron chi connectivity index (χ3n) is 1.76. The summed E-state index contributed by atoms with van der Waals surface area (Å²) in [6.45, 7) is 3.11. The normalized spacial score (nSPS) is 12.2. The zero-order valence-electron chi connectivity index (χ0n) is 9.25. The van der Waals surface area contributed by atoms with Gasteiger partial charge >= 0.3 is 5.97 Å². The van der Waals surface area contributed by atoms with Crippen LogP contribution in [0.25, 0.3) is 6.08 Å². The van der Waals surface area contributed by atoms with E-state index in [1.807, 2.05) is 0 Å². The first-order valence-electron chi connectivity index (χ1n) is 4.70. The summed E-state index contributed by atoms with van der Waals surface area (Å²) in [6, 6.07) is 0. The Bertz CT molecular complexity index is 531. The van der Waals surface area contributed by atoms with Gasteiger partial charge in [-0.25, -0.2) is 18.2 Å². The Kier molecular flexibility index (Phi) is 4.24. The van der Waals surface area contributed by atoms with Crippen LogP contribution in [0.2, 0.25) is 0 Å². The summed E-state index contributed by atoms with van der Waals surface area (Å²) in [5.74, 6) is -1.07. The predicted octanol–water partition coefficient (Wildman–Crippen LogP) is 1.39. The van der Waals surface area contributed by atoms with E-state index in [2.05, 4.69) is 9.71 Å². The lowest BCUT2D eigenvalue weighted by atomic mass is 10.4. The van der Waals surface area contributed by atoms with Crippen LogP contribution in [0.4, 0.5) is 5.13 Å². The van der Waals surface area contributed by atoms with Crippen LogP contribution >= 0.6 is 11.3 Å². The molecule has 2 N–H and O–H groups in total. The Morgan fingerprint density at radius 1 is 1.59 bits per heavy atom. The fraction of sp³-hybridized carbons (Fsp3) is 0.333. The van der Waals surface area contributed by atoms with E-state index < -0.39 is 21.2 Å². The molecule has 0 aromatic carbocycles. The van der Waals surface area contributed by atoms with Crippen molar-refractivity contribution in [3.8, 4) is 0 Å². The number of carboxylic acids is 1. The summed E-state index contributed by atoms with van der Waals surface area (Å²) in [6.07, 6.45) is 3.73. The van der Waals surface area contributed by atoms with E-state index in [9.17, 15) is 13.2 Å². The Morgan fingerprint density at radius 3 is 2.76 bits per heavy atom. The second-order valence-corrected chi connectivity index (χ2v) is 6.73. The molecule has 1 aromatic rings. The summed E-state index contributed by atoms with van der Waals surface area (Å²) in [7, 11) is -3.41. The molecule has 1 heterocycles. The smallest absolute Gasteiger partial charge is 0.328 e. The van der Waals surface area contributed by atoms with Crippen molar-refractivity contribution >= 4 is 38.5 Å². The van der Waals surface area contributed by atoms with Crippen molar-refractivity contribution < 1.29 is 18.3 Å². The number of carbonyl (C=O) groups is 1. The van der Waals surface area contributed by atoms with E-state index in [1.165, 1.54) is 12.3 Å². The molecule has 8 heteroatoms. The summed E-state index contributed by atoms with van der Waals surface area (Å²) in [5.41, 5.74) is 0. The van der Waals surface area contributed by atoms with Gasteiger partial charge in [-0.15, -0.1) is 0 Å². The minimum atomic E-state index is -3.41. The minimum absolute atomic E-state index is 0.226. The maximum absolute atomic E-state index is 11.5. The maximum Gasteiger partial charge on any atom is 0.328 e. The van der Waals surface area contributed by atoms with Crippen LogP contribution in [0.5, 0.6) is 0 Å². The number of aromatic nitrogens is 1. The largest absolute Gasteiger partial charge is 0.478 e. The molecule has 0 amide bonds. The molecule has 1 rings (SSSR count). The molecule has 0 aliphatic heterocycles. The van der Waals surface area contributed by atoms with E-state index in [-0.39, 0.29) is 5.13 Å². The van der Waals surface area contributed by atoms with E-state index in [0.717, 1.165) is 17.4 Å². The average Bonchev–Trinajstić information content (AvgIpc) is 2.61. The zero-order valence-corrected chi connectivity index (χ0v) is 10.9. The van der Waals surface area contributed by atoms with Crippen molar-refractivity contribution in [1.82, 2.24) is 4.98 Å². The van der Waals surface area contributed by atoms with Crippen LogP contribution in [0.15, 0.2) is 12.3 Å². The molecule has 0 atom stereocenters. The molecule has 0 bridgehead atoms. The van der Waals surface area contributed by atoms with Crippen molar-refractivity contribution in [1.29, 1.82) is 0 Å². The van der Waals surface area contributed by atoms with E-state index >= 15 is 0 Å². The number of hydrogen-bond acceptors (Lipinski definition) is 5. The fourth-order valence-electron chi connectivity index (χ4n) is 0.804. The van der Waals surface area contributed by atoms with E-state index in [0.29, 0.717) is 4.88 Å². The van der Waals surface area contributed by atoms with Gasteiger partial charge in [0.05, 0.1) is 5.25 Å². The van der Waals surface area contributed by atoms with Gasteiger partial charge < -0.3 is 5.11 Å². The number of thiazole rings is 1. The van der Waals surface area contributed by atoms with Crippen LogP contribution in [0.3, 0.4) is 0 Å². The second kappa shape index (κ2) is 5.28. The van der Waals surface area contributed by atoms with Crippen molar-refractivity contribution in [2.75, 3.05) is 4.72 Å². The molecular formula is C9H12N2O4S2. The van der Waals surface area contributed by atoms with Gasteiger partial charge in [-0.2, -0.15) is 0 Å². The van der Waals surface area contributed by atoms with Gasteiger partial charge in [0.1, 0.15) is 0 Å². The van der Waals surface area contributed by atoms with E-state index in [1.54, 1.807) is 13.8 Å². The first-order chi connectivity index (χ1) is 7.81. The zero-order chi connectivity index (χ0) is 13.1. The highest BCUT2D eigenvalue weighted by Gasteiger charge is 2.16. The molecule has 0 radical (unpaired) electrons. The van der Waals surface area contributed by atoms with Gasteiger partial charge in [0, 0.05) is 17.2 Å². The number of aliphatic carboxylic acids is 1. The first-order valence-corrected chi connectivity index (χ1v) is 7.06. The molecule has 0 fully saturated rings. The number of carboxylic acid groups (broad SMARTS) is 1. The number of anilines is 1. The molecule has 0 saturated heterocycles. The third kappa shape index (κ3) is 4.16. The second-order valence-electron chi connectivity index (χ2n) is 3.44. The van der Waals surface area contributed by atoms with Crippen LogP contribution < -0.4 is 4.72 Å². The number of hydrogen-bond donors (Lipinski definition) is 2. The summed E-state index contributed by atoms with van der Waals surface area (Å²) in [5, 5.41) is 8.10. The predicted molar refractivity (Wildman–Crippen MR) is 66.5 cm³/mol. The van der Waals surface area contributed by atoms with Crippen LogP contribution in [-0.4, -0.2) is 29.7 Å². The molecule has 0 aliphatic carbocycles. The number of nitrogens with one attached hydrogen (secondary N) is 1. The molecule has 0 unspecified atom stereocenters. The monoisotopic (exact) mass is 276 g/mol. The first kappa shape index (κ1) is 13.7. The summed E-state index contributed by atoms with van der Waals surface area (Å²) < 4.78 is 25.4. The SMILES string of the molecule is CC(C)S(=O)(=O)Nc1ncc(/C=C/C(=O)O)s1. The van der Waals surface area contributed by atoms with Crippen molar-refractivity contribution in [3.05, 3.63) is 17.2 Å². The lowest BCUT2D eigenvalue weighted by Crippen LogP contribution is -2.22. The molecule has 6 nitrogen and oxygen atoms in total. The fourth-order valence-corrected chi connectivity index (χ4v) is 2.42. The van der Waals surface area contributed by atoms with Crippen LogP contribution in [0, 0.1) is 0 Å². The number of sulfonamides is 1. The van der Waals surface area contributed by atoms with Gasteiger partial charge in [0.15, 0.2) is 5.13 Å². The highest BCUT2D eigenvalue weighted by Crippen LogP contribution is 2.21. The molecule has 0 spiro atoms. The summed E-state index contributed by atoms with van der Waals surface area (Å²) >= 11 is 1.07. The van der Waals surface area contributed by atoms with Crippen molar-refractivity contribution in [3.63, 3.8) is 0 Å². The number of nitrogens with zero attached hydrogens (tertiary/aromatic N) is 1. The topological polar surface area (TPSA) is 96.4 Å². The number of rotatable bonds is 5. The molecule has 17 heavy (non-hydrogen) atoms. The van der Waals surface area contributed by atoms with Gasteiger partial charge in [0.2, 0.25) is 10.0 Å². The molecule has 94 valence electrons. The highest BCUT2D eigenvalue weighted by molar-refractivity contribution is 7.93. The van der Waals surface area contributed by atoms with Gasteiger partial charge in [-0.3, -0.25) is 4.72 Å². The van der Waals surface area contributed by atoms with Gasteiger partial charge in [0.25, 0.3) is 0 Å². The standard InChI is InChI=1S/C9H12N2O4S2/c1-6(2)17(14,15)11-9-10-5-7(16-9)3-4-8(12)13/h3-6H,1-2H3,(H,10,11)(H,12,13)/b4-3+.